The predicted octanol–water partition coefficient (Wildman–Crippen LogP) is 2.91. The lowest BCUT2D eigenvalue weighted by molar-refractivity contribution is 0.122. The van der Waals surface area contributed by atoms with E-state index < -0.39 is 0 Å². The molecule has 9 heteroatoms. The van der Waals surface area contributed by atoms with Gasteiger partial charge in [-0.05, 0) is 12.8 Å². The van der Waals surface area contributed by atoms with Crippen molar-refractivity contribution in [2.24, 2.45) is 0 Å². The van der Waals surface area contributed by atoms with Crippen LogP contribution in [0.5, 0.6) is 0 Å². The van der Waals surface area contributed by atoms with Crippen molar-refractivity contribution in [1.29, 1.82) is 0 Å². The van der Waals surface area contributed by atoms with Gasteiger partial charge >= 0.3 is 0 Å². The molecule has 0 amide bonds. The number of rotatable bonds is 5. The number of hydrogen-bond acceptors (Lipinski definition) is 9. The Kier molecular flexibility index (Phi) is 5.71. The minimum absolute atomic E-state index is 0.317. The lowest BCUT2D eigenvalue weighted by Gasteiger charge is -2.34. The van der Waals surface area contributed by atoms with Gasteiger partial charge in [-0.3, -0.25) is 0 Å². The number of nitrogens with zero attached hydrogens (tertiary/aromatic N) is 6. The molecule has 0 spiro atoms. The van der Waals surface area contributed by atoms with Gasteiger partial charge in [0.1, 0.15) is 23.0 Å². The van der Waals surface area contributed by atoms with E-state index in [2.05, 4.69) is 53.5 Å². The molecule has 2 fully saturated rings. The molecule has 3 aromatic rings. The van der Waals surface area contributed by atoms with Crippen LogP contribution in [-0.4, -0.2) is 65.6 Å². The molecule has 1 unspecified atom stereocenters. The van der Waals surface area contributed by atoms with Crippen LogP contribution in [0.1, 0.15) is 12.8 Å². The number of anilines is 3. The second kappa shape index (κ2) is 8.93. The molecule has 0 saturated carbocycles. The molecule has 0 aliphatic carbocycles. The first-order valence-electron chi connectivity index (χ1n) is 10.4. The molecule has 0 radical (unpaired) electrons. The first-order chi connectivity index (χ1) is 14.8. The van der Waals surface area contributed by atoms with Crippen LogP contribution in [0, 0.1) is 0 Å². The Hall–Kier alpha value is -2.78. The molecule has 1 aromatic carbocycles. The molecule has 30 heavy (non-hydrogen) atoms. The number of hydrogen-bond donors (Lipinski definition) is 1. The Morgan fingerprint density at radius 2 is 1.77 bits per heavy atom. The second-order valence-electron chi connectivity index (χ2n) is 7.54. The van der Waals surface area contributed by atoms with Crippen molar-refractivity contribution in [3.8, 4) is 10.6 Å². The topological polar surface area (TPSA) is 79.3 Å². The summed E-state index contributed by atoms with van der Waals surface area (Å²) in [6, 6.07) is 12.6. The summed E-state index contributed by atoms with van der Waals surface area (Å²) in [6.07, 6.45) is 3.89. The molecule has 2 aliphatic rings. The number of piperidine rings is 1. The smallest absolute Gasteiger partial charge is 0.206 e. The zero-order valence-corrected chi connectivity index (χ0v) is 17.6. The summed E-state index contributed by atoms with van der Waals surface area (Å²) in [6.45, 7) is 5.15. The van der Waals surface area contributed by atoms with Crippen LogP contribution in [0.3, 0.4) is 0 Å². The number of nitrogens with one attached hydrogen (secondary N) is 1. The van der Waals surface area contributed by atoms with Crippen LogP contribution < -0.4 is 15.1 Å². The Morgan fingerprint density at radius 1 is 0.967 bits per heavy atom. The number of benzene rings is 1. The molecule has 1 N–H and O–H groups in total. The Balaban J connectivity index is 1.25. The van der Waals surface area contributed by atoms with Crippen LogP contribution in [0.4, 0.5) is 16.8 Å². The predicted molar refractivity (Wildman–Crippen MR) is 119 cm³/mol. The van der Waals surface area contributed by atoms with Crippen LogP contribution in [0.15, 0.2) is 42.7 Å². The average Bonchev–Trinajstić information content (AvgIpc) is 3.29. The SMILES string of the molecule is c1ccc(-c2nnc(NC3CCCN(c4cc(N5CCOCC5)ncn4)C3)s2)cc1. The van der Waals surface area contributed by atoms with E-state index in [9.17, 15) is 0 Å². The molecular formula is C21H25N7OS. The molecule has 2 aromatic heterocycles. The Morgan fingerprint density at radius 3 is 2.60 bits per heavy atom. The van der Waals surface area contributed by atoms with Crippen LogP contribution in [0.2, 0.25) is 0 Å². The van der Waals surface area contributed by atoms with Crippen molar-refractivity contribution in [3.63, 3.8) is 0 Å². The summed E-state index contributed by atoms with van der Waals surface area (Å²) in [4.78, 5) is 13.6. The third-order valence-electron chi connectivity index (χ3n) is 5.49. The number of ether oxygens (including phenoxy) is 1. The lowest BCUT2D eigenvalue weighted by atomic mass is 10.1. The van der Waals surface area contributed by atoms with Gasteiger partial charge in [0, 0.05) is 43.9 Å². The Labute approximate surface area is 179 Å². The summed E-state index contributed by atoms with van der Waals surface area (Å²) in [7, 11) is 0. The van der Waals surface area contributed by atoms with Gasteiger partial charge in [0.25, 0.3) is 0 Å². The first kappa shape index (κ1) is 19.2. The highest BCUT2D eigenvalue weighted by atomic mass is 32.1. The van der Waals surface area contributed by atoms with Gasteiger partial charge in [0.15, 0.2) is 0 Å². The van der Waals surface area contributed by atoms with Crippen molar-refractivity contribution in [2.75, 3.05) is 54.5 Å². The van der Waals surface area contributed by atoms with Gasteiger partial charge in [-0.2, -0.15) is 0 Å². The highest BCUT2D eigenvalue weighted by molar-refractivity contribution is 7.18. The number of aromatic nitrogens is 4. The van der Waals surface area contributed by atoms with Crippen LogP contribution in [0.25, 0.3) is 10.6 Å². The second-order valence-corrected chi connectivity index (χ2v) is 8.52. The fraction of sp³-hybridized carbons (Fsp3) is 0.429. The first-order valence-corrected chi connectivity index (χ1v) is 11.2. The molecule has 1 atom stereocenters. The largest absolute Gasteiger partial charge is 0.378 e. The van der Waals surface area contributed by atoms with Crippen LogP contribution >= 0.6 is 11.3 Å². The summed E-state index contributed by atoms with van der Waals surface area (Å²) in [5.74, 6) is 1.97. The van der Waals surface area contributed by atoms with E-state index in [1.54, 1.807) is 17.7 Å². The fourth-order valence-electron chi connectivity index (χ4n) is 3.93. The standard InChI is InChI=1S/C21H25N7OS/c1-2-5-16(6-3-1)20-25-26-21(30-20)24-17-7-4-8-28(14-17)19-13-18(22-15-23-19)27-9-11-29-12-10-27/h1-3,5-6,13,15,17H,4,7-12,14H2,(H,24,26). The van der Waals surface area contributed by atoms with E-state index in [1.807, 2.05) is 18.2 Å². The maximum absolute atomic E-state index is 5.45. The summed E-state index contributed by atoms with van der Waals surface area (Å²) >= 11 is 1.60. The van der Waals surface area contributed by atoms with Crippen molar-refractivity contribution in [3.05, 3.63) is 42.7 Å². The molecule has 0 bridgehead atoms. The summed E-state index contributed by atoms with van der Waals surface area (Å²) in [5, 5.41) is 14.1. The van der Waals surface area contributed by atoms with Crippen molar-refractivity contribution < 1.29 is 4.74 Å². The molecule has 4 heterocycles. The molecule has 5 rings (SSSR count). The molecular weight excluding hydrogens is 398 g/mol. The van der Waals surface area contributed by atoms with Gasteiger partial charge in [0.2, 0.25) is 5.13 Å². The van der Waals surface area contributed by atoms with E-state index in [-0.39, 0.29) is 0 Å². The minimum atomic E-state index is 0.317. The van der Waals surface area contributed by atoms with Crippen LogP contribution in [-0.2, 0) is 4.74 Å². The third-order valence-corrected chi connectivity index (χ3v) is 6.40. The monoisotopic (exact) mass is 423 g/mol. The highest BCUT2D eigenvalue weighted by Gasteiger charge is 2.23. The zero-order valence-electron chi connectivity index (χ0n) is 16.8. The molecule has 2 saturated heterocycles. The molecule has 8 nitrogen and oxygen atoms in total. The normalized spacial score (nSPS) is 19.7. The van der Waals surface area contributed by atoms with Crippen molar-refractivity contribution >= 4 is 28.1 Å². The van der Waals surface area contributed by atoms with E-state index in [0.29, 0.717) is 6.04 Å². The van der Waals surface area contributed by atoms with Gasteiger partial charge in [0.05, 0.1) is 13.2 Å². The maximum Gasteiger partial charge on any atom is 0.206 e. The Bertz CT molecular complexity index is 961. The van der Waals surface area contributed by atoms with Gasteiger partial charge in [-0.1, -0.05) is 41.7 Å². The quantitative estimate of drug-likeness (QED) is 0.671. The molecule has 156 valence electrons. The van der Waals surface area contributed by atoms with E-state index >= 15 is 0 Å². The van der Waals surface area contributed by atoms with Crippen molar-refractivity contribution in [1.82, 2.24) is 20.2 Å². The lowest BCUT2D eigenvalue weighted by Crippen LogP contribution is -2.43. The van der Waals surface area contributed by atoms with E-state index in [1.165, 1.54) is 0 Å². The zero-order chi connectivity index (χ0) is 20.2. The minimum Gasteiger partial charge on any atom is -0.378 e. The molecule has 2 aliphatic heterocycles. The third kappa shape index (κ3) is 4.36. The number of morpholine rings is 1. The van der Waals surface area contributed by atoms with Gasteiger partial charge in [-0.15, -0.1) is 10.2 Å². The van der Waals surface area contributed by atoms with Gasteiger partial charge in [-0.25, -0.2) is 9.97 Å². The van der Waals surface area contributed by atoms with Crippen molar-refractivity contribution in [2.45, 2.75) is 18.9 Å². The maximum atomic E-state index is 5.45. The summed E-state index contributed by atoms with van der Waals surface area (Å²) < 4.78 is 5.45. The van der Waals surface area contributed by atoms with Gasteiger partial charge < -0.3 is 19.9 Å². The summed E-state index contributed by atoms with van der Waals surface area (Å²) in [5.41, 5.74) is 1.10. The van der Waals surface area contributed by atoms with E-state index in [0.717, 1.165) is 79.6 Å². The average molecular weight is 424 g/mol. The fourth-order valence-corrected chi connectivity index (χ4v) is 4.76. The van der Waals surface area contributed by atoms with E-state index in [4.69, 9.17) is 4.74 Å². The highest BCUT2D eigenvalue weighted by Crippen LogP contribution is 2.28.